The van der Waals surface area contributed by atoms with Crippen molar-refractivity contribution in [1.82, 2.24) is 0 Å². The van der Waals surface area contributed by atoms with Crippen LogP contribution in [0, 0.1) is 0 Å². The third-order valence-electron chi connectivity index (χ3n) is 3.70. The Morgan fingerprint density at radius 2 is 2.04 bits per heavy atom. The van der Waals surface area contributed by atoms with E-state index in [1.54, 1.807) is 61.7 Å². The monoisotopic (exact) mass is 446 g/mol. The molecule has 0 unspecified atom stereocenters. The largest absolute Gasteiger partial charge is 0.497 e. The normalized spacial score (nSPS) is 10.9. The minimum absolute atomic E-state index is 0.134. The second-order valence-electron chi connectivity index (χ2n) is 5.60. The molecule has 0 atom stereocenters. The number of rotatable bonds is 7. The molecule has 0 saturated carbocycles. The van der Waals surface area contributed by atoms with E-state index in [0.717, 1.165) is 4.47 Å². The number of furan rings is 1. The first-order valence-corrected chi connectivity index (χ1v) is 9.25. The smallest absolute Gasteiger partial charge is 0.186 e. The van der Waals surface area contributed by atoms with Crippen LogP contribution in [0.3, 0.4) is 0 Å². The molecule has 0 N–H and O–H groups in total. The Labute approximate surface area is 170 Å². The molecule has 0 bridgehead atoms. The zero-order chi connectivity index (χ0) is 19.2. The molecule has 1 aromatic heterocycles. The van der Waals surface area contributed by atoms with Crippen molar-refractivity contribution >= 4 is 39.4 Å². The Bertz CT molecular complexity index is 978. The van der Waals surface area contributed by atoms with Crippen LogP contribution in [0.4, 0.5) is 0 Å². The summed E-state index contributed by atoms with van der Waals surface area (Å²) < 4.78 is 17.3. The quantitative estimate of drug-likeness (QED) is 0.320. The highest BCUT2D eigenvalue weighted by Crippen LogP contribution is 2.28. The lowest BCUT2D eigenvalue weighted by Gasteiger charge is -2.06. The molecule has 0 spiro atoms. The van der Waals surface area contributed by atoms with Crippen molar-refractivity contribution in [3.63, 3.8) is 0 Å². The minimum Gasteiger partial charge on any atom is -0.497 e. The molecule has 138 valence electrons. The summed E-state index contributed by atoms with van der Waals surface area (Å²) in [5, 5.41) is 0.514. The zero-order valence-electron chi connectivity index (χ0n) is 14.4. The van der Waals surface area contributed by atoms with Crippen LogP contribution in [0.15, 0.2) is 69.6 Å². The van der Waals surface area contributed by atoms with Gasteiger partial charge in [0.2, 0.25) is 0 Å². The summed E-state index contributed by atoms with van der Waals surface area (Å²) in [6.45, 7) is 0.235. The Balaban J connectivity index is 1.61. The summed E-state index contributed by atoms with van der Waals surface area (Å²) >= 11 is 9.47. The number of carbonyl (C=O) groups excluding carboxylic acids is 1. The number of hydrogen-bond acceptors (Lipinski definition) is 4. The molecule has 0 aliphatic rings. The summed E-state index contributed by atoms with van der Waals surface area (Å²) in [4.78, 5) is 12.2. The van der Waals surface area contributed by atoms with Crippen molar-refractivity contribution in [2.24, 2.45) is 0 Å². The van der Waals surface area contributed by atoms with Crippen LogP contribution in [0.5, 0.6) is 11.5 Å². The maximum atomic E-state index is 12.2. The fraction of sp³-hybridized carbons (Fsp3) is 0.0952. The van der Waals surface area contributed by atoms with Crippen molar-refractivity contribution in [3.8, 4) is 11.5 Å². The summed E-state index contributed by atoms with van der Waals surface area (Å²) in [6, 6.07) is 15.9. The fourth-order valence-electron chi connectivity index (χ4n) is 2.33. The predicted octanol–water partition coefficient (Wildman–Crippen LogP) is 6.18. The number of carbonyl (C=O) groups is 1. The highest BCUT2D eigenvalue weighted by molar-refractivity contribution is 9.10. The van der Waals surface area contributed by atoms with Gasteiger partial charge in [-0.15, -0.1) is 0 Å². The van der Waals surface area contributed by atoms with Crippen molar-refractivity contribution in [2.75, 3.05) is 7.11 Å². The van der Waals surface area contributed by atoms with E-state index in [2.05, 4.69) is 15.9 Å². The lowest BCUT2D eigenvalue weighted by molar-refractivity contribution is 0.104. The number of hydrogen-bond donors (Lipinski definition) is 0. The third-order valence-corrected chi connectivity index (χ3v) is 4.49. The van der Waals surface area contributed by atoms with Crippen molar-refractivity contribution in [2.45, 2.75) is 6.61 Å². The number of allylic oxidation sites excluding steroid dienone is 1. The van der Waals surface area contributed by atoms with Crippen molar-refractivity contribution in [1.29, 1.82) is 0 Å². The standard InChI is InChI=1S/C21H16BrClO4/c1-25-17-4-2-3-14(11-17)20(24)9-8-16-6-7-18(27-16)13-26-21-10-5-15(22)12-19(21)23/h2-12H,13H2,1H3. The topological polar surface area (TPSA) is 48.7 Å². The second-order valence-corrected chi connectivity index (χ2v) is 6.92. The van der Waals surface area contributed by atoms with Gasteiger partial charge in [-0.1, -0.05) is 39.7 Å². The number of ether oxygens (including phenoxy) is 2. The second kappa shape index (κ2) is 8.93. The molecule has 2 aromatic carbocycles. The van der Waals surface area contributed by atoms with Gasteiger partial charge in [-0.05, 0) is 54.6 Å². The van der Waals surface area contributed by atoms with Crippen LogP contribution >= 0.6 is 27.5 Å². The Morgan fingerprint density at radius 3 is 2.81 bits per heavy atom. The van der Waals surface area contributed by atoms with Gasteiger partial charge in [-0.2, -0.15) is 0 Å². The first-order chi connectivity index (χ1) is 13.0. The van der Waals surface area contributed by atoms with Crippen molar-refractivity contribution < 1.29 is 18.7 Å². The minimum atomic E-state index is -0.134. The van der Waals surface area contributed by atoms with Crippen LogP contribution in [-0.4, -0.2) is 12.9 Å². The van der Waals surface area contributed by atoms with Crippen LogP contribution in [-0.2, 0) is 6.61 Å². The summed E-state index contributed by atoms with van der Waals surface area (Å²) in [6.07, 6.45) is 3.09. The van der Waals surface area contributed by atoms with Gasteiger partial charge in [0.1, 0.15) is 29.6 Å². The van der Waals surface area contributed by atoms with Crippen LogP contribution in [0.25, 0.3) is 6.08 Å². The fourth-order valence-corrected chi connectivity index (χ4v) is 3.06. The van der Waals surface area contributed by atoms with Gasteiger partial charge in [0, 0.05) is 10.0 Å². The van der Waals surface area contributed by atoms with Gasteiger partial charge >= 0.3 is 0 Å². The summed E-state index contributed by atoms with van der Waals surface area (Å²) in [7, 11) is 1.56. The number of benzene rings is 2. The van der Waals surface area contributed by atoms with Gasteiger partial charge in [0.05, 0.1) is 12.1 Å². The van der Waals surface area contributed by atoms with Gasteiger partial charge in [0.15, 0.2) is 5.78 Å². The van der Waals surface area contributed by atoms with Gasteiger partial charge in [-0.3, -0.25) is 4.79 Å². The molecule has 0 amide bonds. The molecule has 4 nitrogen and oxygen atoms in total. The zero-order valence-corrected chi connectivity index (χ0v) is 16.8. The SMILES string of the molecule is COc1cccc(C(=O)C=Cc2ccc(COc3ccc(Br)cc3Cl)o2)c1. The molecule has 27 heavy (non-hydrogen) atoms. The molecule has 1 heterocycles. The molecule has 0 fully saturated rings. The molecule has 3 aromatic rings. The average Bonchev–Trinajstić information content (AvgIpc) is 3.13. The number of ketones is 1. The molecule has 6 heteroatoms. The lowest BCUT2D eigenvalue weighted by atomic mass is 10.1. The van der Waals surface area contributed by atoms with E-state index < -0.39 is 0 Å². The van der Waals surface area contributed by atoms with Gasteiger partial charge < -0.3 is 13.9 Å². The highest BCUT2D eigenvalue weighted by Gasteiger charge is 2.07. The van der Waals surface area contributed by atoms with E-state index >= 15 is 0 Å². The van der Waals surface area contributed by atoms with Crippen LogP contribution in [0.2, 0.25) is 5.02 Å². The molecular formula is C21H16BrClO4. The van der Waals surface area contributed by atoms with E-state index in [1.165, 1.54) is 6.08 Å². The Morgan fingerprint density at radius 1 is 1.19 bits per heavy atom. The molecule has 3 rings (SSSR count). The molecule has 0 saturated heterocycles. The molecular weight excluding hydrogens is 432 g/mol. The molecule has 0 radical (unpaired) electrons. The van der Waals surface area contributed by atoms with Crippen molar-refractivity contribution in [3.05, 3.63) is 87.3 Å². The summed E-state index contributed by atoms with van der Waals surface area (Å²) in [5.74, 6) is 2.26. The summed E-state index contributed by atoms with van der Waals surface area (Å²) in [5.41, 5.74) is 0.547. The average molecular weight is 448 g/mol. The van der Waals surface area contributed by atoms with E-state index in [0.29, 0.717) is 33.6 Å². The highest BCUT2D eigenvalue weighted by atomic mass is 79.9. The predicted molar refractivity (Wildman–Crippen MR) is 109 cm³/mol. The number of halogens is 2. The van der Waals surface area contributed by atoms with Crippen LogP contribution < -0.4 is 9.47 Å². The maximum absolute atomic E-state index is 12.2. The van der Waals surface area contributed by atoms with Crippen LogP contribution in [0.1, 0.15) is 21.9 Å². The van der Waals surface area contributed by atoms with Gasteiger partial charge in [0.25, 0.3) is 0 Å². The number of methoxy groups -OCH3 is 1. The molecule has 0 aliphatic heterocycles. The first-order valence-electron chi connectivity index (χ1n) is 8.08. The van der Waals surface area contributed by atoms with E-state index in [1.807, 2.05) is 6.07 Å². The Kier molecular flexibility index (Phi) is 6.37. The maximum Gasteiger partial charge on any atom is 0.186 e. The van der Waals surface area contributed by atoms with E-state index in [-0.39, 0.29) is 12.4 Å². The first kappa shape index (κ1) is 19.3. The third kappa shape index (κ3) is 5.25. The lowest BCUT2D eigenvalue weighted by Crippen LogP contribution is -1.95. The van der Waals surface area contributed by atoms with E-state index in [9.17, 15) is 4.79 Å². The van der Waals surface area contributed by atoms with E-state index in [4.69, 9.17) is 25.5 Å². The molecule has 0 aliphatic carbocycles. The Hall–Kier alpha value is -2.50. The van der Waals surface area contributed by atoms with Gasteiger partial charge in [-0.25, -0.2) is 0 Å².